The summed E-state index contributed by atoms with van der Waals surface area (Å²) in [6, 6.07) is 3.95. The minimum atomic E-state index is 0.144. The van der Waals surface area contributed by atoms with Crippen LogP contribution in [0, 0.1) is 5.41 Å². The number of rotatable bonds is 5. The van der Waals surface area contributed by atoms with Crippen LogP contribution in [0.4, 0.5) is 0 Å². The van der Waals surface area contributed by atoms with E-state index in [9.17, 15) is 0 Å². The van der Waals surface area contributed by atoms with Gasteiger partial charge in [-0.25, -0.2) is 9.98 Å². The van der Waals surface area contributed by atoms with Gasteiger partial charge in [0.25, 0.3) is 0 Å². The van der Waals surface area contributed by atoms with Crippen molar-refractivity contribution in [1.82, 2.24) is 15.2 Å². The Morgan fingerprint density at radius 2 is 2.22 bits per heavy atom. The second-order valence-corrected chi connectivity index (χ2v) is 7.18. The number of aliphatic imine (C=N–C) groups is 1. The van der Waals surface area contributed by atoms with Crippen molar-refractivity contribution in [3.8, 4) is 5.88 Å². The van der Waals surface area contributed by atoms with Gasteiger partial charge in [-0.3, -0.25) is 0 Å². The van der Waals surface area contributed by atoms with Crippen LogP contribution >= 0.6 is 0 Å². The molecule has 0 unspecified atom stereocenters. The van der Waals surface area contributed by atoms with Gasteiger partial charge in [-0.05, 0) is 38.2 Å². The van der Waals surface area contributed by atoms with Gasteiger partial charge in [0.15, 0.2) is 5.96 Å². The third-order valence-electron chi connectivity index (χ3n) is 3.88. The normalized spacial score (nSPS) is 17.7. The molecule has 0 bridgehead atoms. The van der Waals surface area contributed by atoms with Crippen LogP contribution in [0.3, 0.4) is 0 Å². The van der Waals surface area contributed by atoms with E-state index in [0.29, 0.717) is 17.8 Å². The summed E-state index contributed by atoms with van der Waals surface area (Å²) in [6.45, 7) is 14.4. The van der Waals surface area contributed by atoms with E-state index in [-0.39, 0.29) is 6.10 Å². The van der Waals surface area contributed by atoms with Crippen molar-refractivity contribution in [2.75, 3.05) is 19.6 Å². The fourth-order valence-electron chi connectivity index (χ4n) is 2.70. The standard InChI is InChI=1S/C18H30N4O/c1-6-19-17(22-10-9-18(4,5)13-22)21-12-15-7-8-16(20-11-15)23-14(2)3/h7-8,11,14H,6,9-10,12-13H2,1-5H3,(H,19,21). The average Bonchev–Trinajstić information content (AvgIpc) is 2.84. The lowest BCUT2D eigenvalue weighted by atomic mass is 9.93. The molecule has 1 aromatic rings. The average molecular weight is 318 g/mol. The predicted molar refractivity (Wildman–Crippen MR) is 94.8 cm³/mol. The number of hydrogen-bond acceptors (Lipinski definition) is 3. The highest BCUT2D eigenvalue weighted by atomic mass is 16.5. The lowest BCUT2D eigenvalue weighted by Crippen LogP contribution is -2.40. The first kappa shape index (κ1) is 17.6. The fourth-order valence-corrected chi connectivity index (χ4v) is 2.70. The molecule has 1 saturated heterocycles. The van der Waals surface area contributed by atoms with E-state index in [0.717, 1.165) is 31.2 Å². The molecule has 0 amide bonds. The number of ether oxygens (including phenoxy) is 1. The highest BCUT2D eigenvalue weighted by molar-refractivity contribution is 5.80. The van der Waals surface area contributed by atoms with E-state index < -0.39 is 0 Å². The van der Waals surface area contributed by atoms with Crippen molar-refractivity contribution in [3.63, 3.8) is 0 Å². The molecule has 2 heterocycles. The molecule has 23 heavy (non-hydrogen) atoms. The molecule has 1 fully saturated rings. The Labute approximate surface area is 140 Å². The molecule has 0 atom stereocenters. The zero-order valence-corrected chi connectivity index (χ0v) is 15.1. The van der Waals surface area contributed by atoms with E-state index in [2.05, 4.69) is 36.0 Å². The summed E-state index contributed by atoms with van der Waals surface area (Å²) >= 11 is 0. The Morgan fingerprint density at radius 3 is 2.74 bits per heavy atom. The van der Waals surface area contributed by atoms with Gasteiger partial charge in [0.05, 0.1) is 12.6 Å². The summed E-state index contributed by atoms with van der Waals surface area (Å²) in [4.78, 5) is 11.5. The van der Waals surface area contributed by atoms with E-state index in [1.807, 2.05) is 32.2 Å². The topological polar surface area (TPSA) is 49.8 Å². The van der Waals surface area contributed by atoms with Crippen molar-refractivity contribution in [2.24, 2.45) is 10.4 Å². The third-order valence-corrected chi connectivity index (χ3v) is 3.88. The Morgan fingerprint density at radius 1 is 1.43 bits per heavy atom. The molecule has 0 spiro atoms. The molecule has 1 N–H and O–H groups in total. The molecule has 0 saturated carbocycles. The number of nitrogens with one attached hydrogen (secondary N) is 1. The molecule has 2 rings (SSSR count). The summed E-state index contributed by atoms with van der Waals surface area (Å²) in [5.41, 5.74) is 1.46. The number of likely N-dealkylation sites (tertiary alicyclic amines) is 1. The maximum Gasteiger partial charge on any atom is 0.213 e. The van der Waals surface area contributed by atoms with E-state index >= 15 is 0 Å². The second kappa shape index (κ2) is 7.66. The second-order valence-electron chi connectivity index (χ2n) is 7.18. The van der Waals surface area contributed by atoms with Crippen molar-refractivity contribution in [2.45, 2.75) is 53.7 Å². The van der Waals surface area contributed by atoms with Crippen molar-refractivity contribution in [3.05, 3.63) is 23.9 Å². The third kappa shape index (κ3) is 5.41. The highest BCUT2D eigenvalue weighted by Crippen LogP contribution is 2.28. The van der Waals surface area contributed by atoms with Gasteiger partial charge in [-0.1, -0.05) is 19.9 Å². The Bertz CT molecular complexity index is 522. The molecule has 1 aliphatic rings. The largest absolute Gasteiger partial charge is 0.475 e. The Hall–Kier alpha value is -1.78. The quantitative estimate of drug-likeness (QED) is 0.669. The number of aromatic nitrogens is 1. The first-order chi connectivity index (χ1) is 10.9. The maximum atomic E-state index is 5.57. The number of guanidine groups is 1. The van der Waals surface area contributed by atoms with Crippen molar-refractivity contribution < 1.29 is 4.74 Å². The summed E-state index contributed by atoms with van der Waals surface area (Å²) < 4.78 is 5.57. The molecular formula is C18H30N4O. The smallest absolute Gasteiger partial charge is 0.213 e. The van der Waals surface area contributed by atoms with E-state index in [4.69, 9.17) is 9.73 Å². The van der Waals surface area contributed by atoms with Crippen LogP contribution in [0.25, 0.3) is 0 Å². The molecular weight excluding hydrogens is 288 g/mol. The fraction of sp³-hybridized carbons (Fsp3) is 0.667. The molecule has 0 aromatic carbocycles. The number of pyridine rings is 1. The van der Waals surface area contributed by atoms with Gasteiger partial charge in [0.1, 0.15) is 0 Å². The zero-order chi connectivity index (χ0) is 16.9. The van der Waals surface area contributed by atoms with Crippen LogP contribution in [0.2, 0.25) is 0 Å². The highest BCUT2D eigenvalue weighted by Gasteiger charge is 2.30. The summed E-state index contributed by atoms with van der Waals surface area (Å²) in [6.07, 6.45) is 3.20. The zero-order valence-electron chi connectivity index (χ0n) is 15.1. The van der Waals surface area contributed by atoms with Crippen LogP contribution in [0.1, 0.15) is 46.6 Å². The first-order valence-electron chi connectivity index (χ1n) is 8.54. The molecule has 5 nitrogen and oxygen atoms in total. The van der Waals surface area contributed by atoms with E-state index in [1.165, 1.54) is 6.42 Å². The number of nitrogens with zero attached hydrogens (tertiary/aromatic N) is 3. The van der Waals surface area contributed by atoms with Gasteiger partial charge in [0, 0.05) is 31.9 Å². The molecule has 1 aliphatic heterocycles. The molecule has 0 aliphatic carbocycles. The molecule has 128 valence electrons. The molecule has 0 radical (unpaired) electrons. The molecule has 5 heteroatoms. The Kier molecular flexibility index (Phi) is 5.85. The monoisotopic (exact) mass is 318 g/mol. The lowest BCUT2D eigenvalue weighted by Gasteiger charge is -2.23. The first-order valence-corrected chi connectivity index (χ1v) is 8.54. The van der Waals surface area contributed by atoms with Crippen molar-refractivity contribution in [1.29, 1.82) is 0 Å². The van der Waals surface area contributed by atoms with Crippen LogP contribution in [-0.2, 0) is 6.54 Å². The predicted octanol–water partition coefficient (Wildman–Crippen LogP) is 3.07. The van der Waals surface area contributed by atoms with Crippen LogP contribution in [-0.4, -0.2) is 41.6 Å². The summed E-state index contributed by atoms with van der Waals surface area (Å²) in [7, 11) is 0. The summed E-state index contributed by atoms with van der Waals surface area (Å²) in [5.74, 6) is 1.67. The lowest BCUT2D eigenvalue weighted by molar-refractivity contribution is 0.232. The molecule has 1 aromatic heterocycles. The Balaban J connectivity index is 2.00. The van der Waals surface area contributed by atoms with E-state index in [1.54, 1.807) is 0 Å². The minimum absolute atomic E-state index is 0.144. The summed E-state index contributed by atoms with van der Waals surface area (Å²) in [5, 5.41) is 3.40. The van der Waals surface area contributed by atoms with Gasteiger partial charge < -0.3 is 15.0 Å². The minimum Gasteiger partial charge on any atom is -0.475 e. The van der Waals surface area contributed by atoms with Gasteiger partial charge in [0.2, 0.25) is 5.88 Å². The maximum absolute atomic E-state index is 5.57. The van der Waals surface area contributed by atoms with Gasteiger partial charge in [-0.2, -0.15) is 0 Å². The van der Waals surface area contributed by atoms with Crippen molar-refractivity contribution >= 4 is 5.96 Å². The van der Waals surface area contributed by atoms with Crippen LogP contribution < -0.4 is 10.1 Å². The van der Waals surface area contributed by atoms with Crippen LogP contribution in [0.5, 0.6) is 5.88 Å². The van der Waals surface area contributed by atoms with Crippen LogP contribution in [0.15, 0.2) is 23.3 Å². The van der Waals surface area contributed by atoms with Gasteiger partial charge >= 0.3 is 0 Å². The van der Waals surface area contributed by atoms with Gasteiger partial charge in [-0.15, -0.1) is 0 Å². The SMILES string of the molecule is CCNC(=NCc1ccc(OC(C)C)nc1)N1CCC(C)(C)C1. The number of hydrogen-bond donors (Lipinski definition) is 1.